The van der Waals surface area contributed by atoms with Crippen LogP contribution in [0.15, 0.2) is 91.1 Å². The normalized spacial score (nSPS) is 13.1. The molecule has 0 unspecified atom stereocenters. The van der Waals surface area contributed by atoms with Crippen LogP contribution in [0.2, 0.25) is 0 Å². The summed E-state index contributed by atoms with van der Waals surface area (Å²) in [6, 6.07) is 28.3. The molecule has 0 fully saturated rings. The number of carbonyl (C=O) groups is 1. The summed E-state index contributed by atoms with van der Waals surface area (Å²) in [7, 11) is 0. The lowest BCUT2D eigenvalue weighted by Gasteiger charge is -2.19. The van der Waals surface area contributed by atoms with Crippen molar-refractivity contribution in [1.82, 2.24) is 4.98 Å². The van der Waals surface area contributed by atoms with E-state index in [9.17, 15) is 4.79 Å². The van der Waals surface area contributed by atoms with Gasteiger partial charge in [0.25, 0.3) is 5.91 Å². The Morgan fingerprint density at radius 3 is 2.34 bits per heavy atom. The molecule has 0 spiro atoms. The first-order valence-electron chi connectivity index (χ1n) is 10.0. The summed E-state index contributed by atoms with van der Waals surface area (Å²) in [4.78, 5) is 16.0. The number of aromatic nitrogens is 1. The van der Waals surface area contributed by atoms with E-state index in [4.69, 9.17) is 0 Å². The lowest BCUT2D eigenvalue weighted by atomic mass is 9.90. The highest BCUT2D eigenvalue weighted by atomic mass is 16.2. The number of anilines is 1. The number of benzene rings is 3. The second kappa shape index (κ2) is 8.76. The highest BCUT2D eigenvalue weighted by molar-refractivity contribution is 5.93. The van der Waals surface area contributed by atoms with Gasteiger partial charge in [-0.3, -0.25) is 4.79 Å². The summed E-state index contributed by atoms with van der Waals surface area (Å²) < 4.78 is 0. The number of quaternary nitrogens is 1. The smallest absolute Gasteiger partial charge is 0.282 e. The maximum absolute atomic E-state index is 12.6. The Labute approximate surface area is 171 Å². The van der Waals surface area contributed by atoms with Gasteiger partial charge in [-0.1, -0.05) is 66.7 Å². The maximum Gasteiger partial charge on any atom is 0.282 e. The molecular weight excluding hydrogens is 358 g/mol. The molecule has 0 bridgehead atoms. The number of para-hydroxylation sites is 2. The third kappa shape index (κ3) is 4.39. The van der Waals surface area contributed by atoms with Crippen molar-refractivity contribution in [2.24, 2.45) is 0 Å². The number of fused-ring (bicyclic) bond motifs is 1. The van der Waals surface area contributed by atoms with Crippen molar-refractivity contribution in [1.29, 1.82) is 0 Å². The molecule has 0 saturated heterocycles. The van der Waals surface area contributed by atoms with Gasteiger partial charge < -0.3 is 15.6 Å². The summed E-state index contributed by atoms with van der Waals surface area (Å²) in [6.45, 7) is 2.74. The van der Waals surface area contributed by atoms with Gasteiger partial charge in [0.15, 0.2) is 6.04 Å². The van der Waals surface area contributed by atoms with Crippen LogP contribution in [0.4, 0.5) is 5.69 Å². The number of aromatic amines is 1. The third-order valence-electron chi connectivity index (χ3n) is 5.38. The largest absolute Gasteiger partial charge is 0.361 e. The first-order chi connectivity index (χ1) is 14.2. The molecule has 3 aromatic carbocycles. The van der Waals surface area contributed by atoms with Crippen LogP contribution in [0.5, 0.6) is 0 Å². The fourth-order valence-electron chi connectivity index (χ4n) is 3.74. The monoisotopic (exact) mass is 384 g/mol. The van der Waals surface area contributed by atoms with Gasteiger partial charge in [-0.25, -0.2) is 0 Å². The predicted octanol–water partition coefficient (Wildman–Crippen LogP) is 3.89. The summed E-state index contributed by atoms with van der Waals surface area (Å²) in [6.07, 6.45) is 2.10. The summed E-state index contributed by atoms with van der Waals surface area (Å²) in [5, 5.41) is 6.35. The number of rotatable bonds is 7. The van der Waals surface area contributed by atoms with Crippen molar-refractivity contribution in [2.45, 2.75) is 18.9 Å². The molecule has 1 amide bonds. The lowest BCUT2D eigenvalue weighted by Crippen LogP contribution is -2.92. The Balaban J connectivity index is 1.53. The van der Waals surface area contributed by atoms with Crippen LogP contribution in [-0.4, -0.2) is 23.5 Å². The van der Waals surface area contributed by atoms with Gasteiger partial charge in [0.2, 0.25) is 0 Å². The molecule has 29 heavy (non-hydrogen) atoms. The first kappa shape index (κ1) is 19.0. The Bertz CT molecular complexity index is 1070. The summed E-state index contributed by atoms with van der Waals surface area (Å²) >= 11 is 0. The highest BCUT2D eigenvalue weighted by Gasteiger charge is 2.23. The number of hydrogen-bond donors (Lipinski definition) is 3. The van der Waals surface area contributed by atoms with E-state index in [1.54, 1.807) is 0 Å². The van der Waals surface area contributed by atoms with Crippen LogP contribution in [-0.2, 0) is 4.79 Å². The molecule has 4 N–H and O–H groups in total. The second-order valence-electron chi connectivity index (χ2n) is 7.37. The summed E-state index contributed by atoms with van der Waals surface area (Å²) in [5.74, 6) is 0.210. The minimum absolute atomic E-state index is 0.0157. The molecule has 4 nitrogen and oxygen atoms in total. The van der Waals surface area contributed by atoms with Gasteiger partial charge in [-0.05, 0) is 36.2 Å². The first-order valence-corrected chi connectivity index (χ1v) is 10.0. The lowest BCUT2D eigenvalue weighted by molar-refractivity contribution is -0.674. The van der Waals surface area contributed by atoms with Crippen LogP contribution in [0, 0.1) is 0 Å². The van der Waals surface area contributed by atoms with Crippen molar-refractivity contribution in [2.75, 3.05) is 11.9 Å². The SMILES string of the molecule is C[C@@H]([NH2+]C[C@H](c1ccccc1)c1c[nH]c2ccccc12)C(=O)Nc1ccccc1. The topological polar surface area (TPSA) is 61.5 Å². The molecule has 4 rings (SSSR count). The quantitative estimate of drug-likeness (QED) is 0.445. The minimum Gasteiger partial charge on any atom is -0.361 e. The molecule has 4 aromatic rings. The molecule has 0 saturated carbocycles. The Hall–Kier alpha value is -3.37. The second-order valence-corrected chi connectivity index (χ2v) is 7.37. The van der Waals surface area contributed by atoms with Crippen LogP contribution in [0.1, 0.15) is 24.0 Å². The molecule has 0 aliphatic carbocycles. The zero-order chi connectivity index (χ0) is 20.1. The molecular formula is C25H26N3O+. The zero-order valence-electron chi connectivity index (χ0n) is 16.5. The van der Waals surface area contributed by atoms with E-state index < -0.39 is 0 Å². The number of carbonyl (C=O) groups excluding carboxylic acids is 1. The van der Waals surface area contributed by atoms with Gasteiger partial charge >= 0.3 is 0 Å². The van der Waals surface area contributed by atoms with Crippen LogP contribution in [0.3, 0.4) is 0 Å². The predicted molar refractivity (Wildman–Crippen MR) is 118 cm³/mol. The molecule has 1 heterocycles. The highest BCUT2D eigenvalue weighted by Crippen LogP contribution is 2.29. The number of nitrogens with one attached hydrogen (secondary N) is 2. The fraction of sp³-hybridized carbons (Fsp3) is 0.160. The van der Waals surface area contributed by atoms with Gasteiger partial charge in [0, 0.05) is 22.8 Å². The van der Waals surface area contributed by atoms with Crippen LogP contribution >= 0.6 is 0 Å². The van der Waals surface area contributed by atoms with Gasteiger partial charge in [-0.15, -0.1) is 0 Å². The van der Waals surface area contributed by atoms with E-state index in [2.05, 4.69) is 64.3 Å². The average Bonchev–Trinajstić information content (AvgIpc) is 3.19. The number of amides is 1. The van der Waals surface area contributed by atoms with Gasteiger partial charge in [0.05, 0.1) is 12.5 Å². The molecule has 0 aliphatic rings. The standard InChI is InChI=1S/C25H25N3O/c1-18(25(29)28-20-12-6-3-7-13-20)26-16-22(19-10-4-2-5-11-19)23-17-27-24-15-9-8-14-21(23)24/h2-15,17-18,22,26-27H,16H2,1H3,(H,28,29)/p+1/t18-,22-/m1/s1. The van der Waals surface area contributed by atoms with E-state index in [-0.39, 0.29) is 17.9 Å². The Morgan fingerprint density at radius 1 is 0.931 bits per heavy atom. The molecule has 4 heteroatoms. The third-order valence-corrected chi connectivity index (χ3v) is 5.38. The summed E-state index contributed by atoms with van der Waals surface area (Å²) in [5.41, 5.74) is 4.48. The van der Waals surface area contributed by atoms with E-state index in [0.29, 0.717) is 0 Å². The van der Waals surface area contributed by atoms with Crippen molar-refractivity contribution in [3.05, 3.63) is 102 Å². The number of nitrogens with two attached hydrogens (primary N) is 1. The molecule has 0 radical (unpaired) electrons. The zero-order valence-corrected chi connectivity index (χ0v) is 16.5. The molecule has 0 aliphatic heterocycles. The van der Waals surface area contributed by atoms with Gasteiger partial charge in [0.1, 0.15) is 0 Å². The van der Waals surface area contributed by atoms with Crippen LogP contribution < -0.4 is 10.6 Å². The van der Waals surface area contributed by atoms with Crippen molar-refractivity contribution in [3.8, 4) is 0 Å². The van der Waals surface area contributed by atoms with Crippen LogP contribution in [0.25, 0.3) is 10.9 Å². The molecule has 146 valence electrons. The van der Waals surface area contributed by atoms with Gasteiger partial charge in [-0.2, -0.15) is 0 Å². The maximum atomic E-state index is 12.6. The molecule has 2 atom stereocenters. The van der Waals surface area contributed by atoms with Crippen molar-refractivity contribution >= 4 is 22.5 Å². The van der Waals surface area contributed by atoms with E-state index in [1.165, 1.54) is 16.5 Å². The molecule has 1 aromatic heterocycles. The fourth-order valence-corrected chi connectivity index (χ4v) is 3.74. The van der Waals surface area contributed by atoms with E-state index >= 15 is 0 Å². The minimum atomic E-state index is -0.188. The average molecular weight is 385 g/mol. The number of H-pyrrole nitrogens is 1. The van der Waals surface area contributed by atoms with E-state index in [1.807, 2.05) is 49.4 Å². The Morgan fingerprint density at radius 2 is 1.59 bits per heavy atom. The van der Waals surface area contributed by atoms with Crippen molar-refractivity contribution in [3.63, 3.8) is 0 Å². The van der Waals surface area contributed by atoms with Crippen molar-refractivity contribution < 1.29 is 10.1 Å². The Kier molecular flexibility index (Phi) is 5.73. The van der Waals surface area contributed by atoms with E-state index in [0.717, 1.165) is 17.7 Å². The number of hydrogen-bond acceptors (Lipinski definition) is 1.